The first-order valence-electron chi connectivity index (χ1n) is 10.2. The molecule has 1 saturated heterocycles. The summed E-state index contributed by atoms with van der Waals surface area (Å²) in [6, 6.07) is 17.9. The zero-order valence-electron chi connectivity index (χ0n) is 16.9. The minimum Gasteiger partial charge on any atom is -0.349 e. The molecular formula is C23H25BrN4O2. The van der Waals surface area contributed by atoms with Gasteiger partial charge in [-0.2, -0.15) is 4.98 Å². The number of hydrogen-bond acceptors (Lipinski definition) is 5. The highest BCUT2D eigenvalue weighted by molar-refractivity contribution is 9.10. The molecule has 6 nitrogen and oxygen atoms in total. The summed E-state index contributed by atoms with van der Waals surface area (Å²) in [6.45, 7) is 4.20. The van der Waals surface area contributed by atoms with Crippen molar-refractivity contribution in [2.45, 2.75) is 32.4 Å². The summed E-state index contributed by atoms with van der Waals surface area (Å²) >= 11 is 3.47. The second kappa shape index (κ2) is 9.53. The monoisotopic (exact) mass is 468 g/mol. The van der Waals surface area contributed by atoms with Crippen LogP contribution in [0.2, 0.25) is 0 Å². The van der Waals surface area contributed by atoms with Gasteiger partial charge in [0.2, 0.25) is 17.6 Å². The number of nitrogens with zero attached hydrogens (tertiary/aromatic N) is 3. The number of piperidine rings is 1. The molecule has 1 aliphatic heterocycles. The summed E-state index contributed by atoms with van der Waals surface area (Å²) in [5, 5.41) is 7.27. The van der Waals surface area contributed by atoms with Crippen molar-refractivity contribution in [1.29, 1.82) is 0 Å². The Kier molecular flexibility index (Phi) is 6.59. The first kappa shape index (κ1) is 20.8. The predicted molar refractivity (Wildman–Crippen MR) is 118 cm³/mol. The number of likely N-dealkylation sites (tertiary alicyclic amines) is 1. The van der Waals surface area contributed by atoms with Crippen molar-refractivity contribution < 1.29 is 9.32 Å². The van der Waals surface area contributed by atoms with Crippen molar-refractivity contribution in [1.82, 2.24) is 20.4 Å². The molecule has 0 saturated carbocycles. The van der Waals surface area contributed by atoms with Gasteiger partial charge in [-0.3, -0.25) is 9.69 Å². The summed E-state index contributed by atoms with van der Waals surface area (Å²) < 4.78 is 6.43. The fourth-order valence-electron chi connectivity index (χ4n) is 3.82. The number of benzene rings is 2. The fourth-order valence-corrected chi connectivity index (χ4v) is 4.22. The highest BCUT2D eigenvalue weighted by Gasteiger charge is 2.27. The van der Waals surface area contributed by atoms with Crippen LogP contribution < -0.4 is 5.32 Å². The molecule has 3 aromatic rings. The molecule has 1 fully saturated rings. The largest absolute Gasteiger partial charge is 0.349 e. The average Bonchev–Trinajstić information content (AvgIpc) is 3.23. The lowest BCUT2D eigenvalue weighted by atomic mass is 9.96. The van der Waals surface area contributed by atoms with E-state index in [2.05, 4.69) is 36.3 Å². The van der Waals surface area contributed by atoms with Crippen LogP contribution >= 0.6 is 15.9 Å². The van der Waals surface area contributed by atoms with Crippen molar-refractivity contribution in [3.8, 4) is 11.4 Å². The van der Waals surface area contributed by atoms with E-state index in [4.69, 9.17) is 4.52 Å². The number of halogens is 1. The predicted octanol–water partition coefficient (Wildman–Crippen LogP) is 4.59. The minimum atomic E-state index is -0.0302. The Bertz CT molecular complexity index is 992. The topological polar surface area (TPSA) is 71.3 Å². The summed E-state index contributed by atoms with van der Waals surface area (Å²) in [6.07, 6.45) is 1.88. The number of rotatable bonds is 6. The average molecular weight is 469 g/mol. The van der Waals surface area contributed by atoms with Crippen LogP contribution in [0.15, 0.2) is 63.6 Å². The second-order valence-corrected chi connectivity index (χ2v) is 8.65. The molecule has 7 heteroatoms. The van der Waals surface area contributed by atoms with E-state index in [0.717, 1.165) is 35.0 Å². The van der Waals surface area contributed by atoms with E-state index in [-0.39, 0.29) is 17.9 Å². The molecule has 0 aliphatic carbocycles. The second-order valence-electron chi connectivity index (χ2n) is 7.74. The van der Waals surface area contributed by atoms with E-state index < -0.39 is 0 Å². The van der Waals surface area contributed by atoms with Gasteiger partial charge >= 0.3 is 0 Å². The van der Waals surface area contributed by atoms with Gasteiger partial charge in [0.25, 0.3) is 0 Å². The summed E-state index contributed by atoms with van der Waals surface area (Å²) in [4.78, 5) is 19.6. The normalized spacial score (nSPS) is 18.1. The molecular weight excluding hydrogens is 444 g/mol. The molecule has 4 rings (SSSR count). The summed E-state index contributed by atoms with van der Waals surface area (Å²) in [5.74, 6) is 1.23. The highest BCUT2D eigenvalue weighted by Crippen LogP contribution is 2.23. The number of carbonyl (C=O) groups is 1. The van der Waals surface area contributed by atoms with Crippen LogP contribution in [0.5, 0.6) is 0 Å². The van der Waals surface area contributed by atoms with E-state index in [1.807, 2.05) is 61.5 Å². The van der Waals surface area contributed by atoms with Crippen LogP contribution in [0.1, 0.15) is 37.3 Å². The molecule has 1 aromatic heterocycles. The van der Waals surface area contributed by atoms with E-state index in [1.54, 1.807) is 0 Å². The molecule has 0 bridgehead atoms. The molecule has 1 N–H and O–H groups in total. The van der Waals surface area contributed by atoms with E-state index in [0.29, 0.717) is 24.8 Å². The van der Waals surface area contributed by atoms with Crippen molar-refractivity contribution in [2.24, 2.45) is 5.92 Å². The SMILES string of the molecule is CC(NC(=O)C1CCCN(Cc2nc(-c3cccc(Br)c3)no2)C1)c1ccccc1. The summed E-state index contributed by atoms with van der Waals surface area (Å²) in [7, 11) is 0. The third kappa shape index (κ3) is 5.15. The first-order chi connectivity index (χ1) is 14.6. The van der Waals surface area contributed by atoms with Crippen LogP contribution in [0.4, 0.5) is 0 Å². The molecule has 2 aromatic carbocycles. The lowest BCUT2D eigenvalue weighted by Crippen LogP contribution is -2.43. The Balaban J connectivity index is 1.34. The van der Waals surface area contributed by atoms with Crippen molar-refractivity contribution in [2.75, 3.05) is 13.1 Å². The molecule has 30 heavy (non-hydrogen) atoms. The highest BCUT2D eigenvalue weighted by atomic mass is 79.9. The van der Waals surface area contributed by atoms with Gasteiger partial charge in [-0.05, 0) is 44.0 Å². The molecule has 0 radical (unpaired) electrons. The minimum absolute atomic E-state index is 0.00206. The van der Waals surface area contributed by atoms with E-state index in [1.165, 1.54) is 0 Å². The lowest BCUT2D eigenvalue weighted by molar-refractivity contribution is -0.127. The maximum absolute atomic E-state index is 12.8. The molecule has 0 spiro atoms. The molecule has 2 unspecified atom stereocenters. The van der Waals surface area contributed by atoms with Gasteiger partial charge < -0.3 is 9.84 Å². The number of amides is 1. The Morgan fingerprint density at radius 2 is 2.10 bits per heavy atom. The molecule has 2 heterocycles. The third-order valence-corrected chi connectivity index (χ3v) is 5.94. The van der Waals surface area contributed by atoms with Gasteiger partial charge in [0.15, 0.2) is 0 Å². The number of hydrogen-bond donors (Lipinski definition) is 1. The van der Waals surface area contributed by atoms with Crippen LogP contribution in [0.3, 0.4) is 0 Å². The fraction of sp³-hybridized carbons (Fsp3) is 0.348. The Hall–Kier alpha value is -2.51. The van der Waals surface area contributed by atoms with E-state index in [9.17, 15) is 4.79 Å². The van der Waals surface area contributed by atoms with Gasteiger partial charge in [-0.1, -0.05) is 63.6 Å². The Morgan fingerprint density at radius 1 is 1.27 bits per heavy atom. The van der Waals surface area contributed by atoms with Crippen molar-refractivity contribution >= 4 is 21.8 Å². The Labute approximate surface area is 184 Å². The quantitative estimate of drug-likeness (QED) is 0.572. The van der Waals surface area contributed by atoms with Gasteiger partial charge in [-0.15, -0.1) is 0 Å². The zero-order valence-corrected chi connectivity index (χ0v) is 18.5. The van der Waals surface area contributed by atoms with Crippen LogP contribution in [0, 0.1) is 5.92 Å². The molecule has 1 aliphatic rings. The standard InChI is InChI=1S/C23H25BrN4O2/c1-16(17-7-3-2-4-8-17)25-23(29)19-10-6-12-28(14-19)15-21-26-22(27-30-21)18-9-5-11-20(24)13-18/h2-5,7-9,11,13,16,19H,6,10,12,14-15H2,1H3,(H,25,29). The van der Waals surface area contributed by atoms with Gasteiger partial charge in [0.1, 0.15) is 0 Å². The molecule has 1 amide bonds. The maximum atomic E-state index is 12.8. The molecule has 2 atom stereocenters. The van der Waals surface area contributed by atoms with Gasteiger partial charge in [0.05, 0.1) is 18.5 Å². The third-order valence-electron chi connectivity index (χ3n) is 5.44. The van der Waals surface area contributed by atoms with Crippen LogP contribution in [-0.2, 0) is 11.3 Å². The number of nitrogens with one attached hydrogen (secondary N) is 1. The summed E-state index contributed by atoms with van der Waals surface area (Å²) in [5.41, 5.74) is 2.02. The Morgan fingerprint density at radius 3 is 2.90 bits per heavy atom. The van der Waals surface area contributed by atoms with E-state index >= 15 is 0 Å². The smallest absolute Gasteiger partial charge is 0.241 e. The lowest BCUT2D eigenvalue weighted by Gasteiger charge is -2.31. The number of carbonyl (C=O) groups excluding carboxylic acids is 1. The van der Waals surface area contributed by atoms with Gasteiger partial charge in [-0.25, -0.2) is 0 Å². The first-order valence-corrected chi connectivity index (χ1v) is 11.0. The van der Waals surface area contributed by atoms with Crippen molar-refractivity contribution in [3.63, 3.8) is 0 Å². The number of aromatic nitrogens is 2. The van der Waals surface area contributed by atoms with Crippen LogP contribution in [-0.4, -0.2) is 34.0 Å². The molecule has 156 valence electrons. The van der Waals surface area contributed by atoms with Crippen molar-refractivity contribution in [3.05, 3.63) is 70.5 Å². The maximum Gasteiger partial charge on any atom is 0.241 e. The zero-order chi connectivity index (χ0) is 20.9. The van der Waals surface area contributed by atoms with Crippen LogP contribution in [0.25, 0.3) is 11.4 Å². The van der Waals surface area contributed by atoms with Gasteiger partial charge in [0, 0.05) is 16.6 Å².